The number of ketones is 1. The highest BCUT2D eigenvalue weighted by Crippen LogP contribution is 2.40. The first-order chi connectivity index (χ1) is 11.0. The molecule has 1 saturated heterocycles. The lowest BCUT2D eigenvalue weighted by molar-refractivity contribution is 0.0238. The molecular weight excluding hydrogens is 320 g/mol. The van der Waals surface area contributed by atoms with Crippen molar-refractivity contribution in [2.24, 2.45) is 5.41 Å². The third-order valence-electron chi connectivity index (χ3n) is 3.95. The Hall–Kier alpha value is -2.19. The first-order valence-corrected chi connectivity index (χ1v) is 7.98. The highest BCUT2D eigenvalue weighted by molar-refractivity contribution is 7.18. The van der Waals surface area contributed by atoms with Gasteiger partial charge < -0.3 is 14.3 Å². The van der Waals surface area contributed by atoms with Gasteiger partial charge in [-0.1, -0.05) is 18.3 Å². The Kier molecular flexibility index (Phi) is 4.18. The van der Waals surface area contributed by atoms with Crippen molar-refractivity contribution in [3.8, 4) is 11.5 Å². The van der Waals surface area contributed by atoms with Crippen LogP contribution in [0, 0.1) is 5.41 Å². The van der Waals surface area contributed by atoms with E-state index in [0.717, 1.165) is 11.3 Å². The maximum Gasteiger partial charge on any atom is 0.410 e. The number of carboxylic acid groups (broad SMARTS) is 1. The second-order valence-electron chi connectivity index (χ2n) is 5.61. The number of carbonyl (C=O) groups is 2. The summed E-state index contributed by atoms with van der Waals surface area (Å²) in [7, 11) is 0. The zero-order valence-electron chi connectivity index (χ0n) is 12.5. The molecule has 0 aliphatic carbocycles. The zero-order valence-corrected chi connectivity index (χ0v) is 13.3. The molecule has 2 aromatic heterocycles. The monoisotopic (exact) mass is 336 g/mol. The summed E-state index contributed by atoms with van der Waals surface area (Å²) in [5, 5.41) is 11.2. The van der Waals surface area contributed by atoms with Crippen molar-refractivity contribution in [3.05, 3.63) is 23.3 Å². The quantitative estimate of drug-likeness (QED) is 0.829. The highest BCUT2D eigenvalue weighted by atomic mass is 32.1. The van der Waals surface area contributed by atoms with E-state index in [4.69, 9.17) is 14.3 Å². The van der Waals surface area contributed by atoms with Crippen molar-refractivity contribution in [2.45, 2.75) is 19.8 Å². The summed E-state index contributed by atoms with van der Waals surface area (Å²) in [5.41, 5.74) is -0.159. The van der Waals surface area contributed by atoms with E-state index in [1.165, 1.54) is 6.26 Å². The lowest BCUT2D eigenvalue weighted by Gasteiger charge is -2.31. The molecule has 0 saturated carbocycles. The molecule has 2 N–H and O–H groups in total. The molecule has 8 heteroatoms. The average Bonchev–Trinajstić information content (AvgIpc) is 3.15. The Labute approximate surface area is 136 Å². The van der Waals surface area contributed by atoms with E-state index in [-0.39, 0.29) is 10.9 Å². The van der Waals surface area contributed by atoms with E-state index >= 15 is 0 Å². The van der Waals surface area contributed by atoms with Crippen LogP contribution in [0.15, 0.2) is 22.8 Å². The van der Waals surface area contributed by atoms with E-state index in [2.05, 4.69) is 10.3 Å². The number of anilines is 1. The number of amides is 1. The average molecular weight is 336 g/mol. The minimum absolute atomic E-state index is 0.0526. The van der Waals surface area contributed by atoms with Crippen LogP contribution >= 0.6 is 11.3 Å². The molecule has 0 unspecified atom stereocenters. The molecule has 0 aromatic carbocycles. The molecule has 1 aliphatic heterocycles. The predicted molar refractivity (Wildman–Crippen MR) is 84.0 cm³/mol. The molecule has 3 rings (SSSR count). The number of hydrogen-bond acceptors (Lipinski definition) is 6. The SMILES string of the molecule is CC1(C(=O)c2sc(NC(=O)O)nc2-c2ccco2)CCOCC1. The number of ether oxygens (including phenoxy) is 1. The number of rotatable bonds is 4. The zero-order chi connectivity index (χ0) is 16.4. The summed E-state index contributed by atoms with van der Waals surface area (Å²) in [4.78, 5) is 28.5. The summed E-state index contributed by atoms with van der Waals surface area (Å²) >= 11 is 1.03. The molecule has 0 bridgehead atoms. The van der Waals surface area contributed by atoms with E-state index in [1.54, 1.807) is 12.1 Å². The van der Waals surface area contributed by atoms with Gasteiger partial charge in [0.1, 0.15) is 10.6 Å². The molecule has 122 valence electrons. The van der Waals surface area contributed by atoms with E-state index in [1.807, 2.05) is 6.92 Å². The van der Waals surface area contributed by atoms with E-state index in [9.17, 15) is 9.59 Å². The normalized spacial score (nSPS) is 16.9. The van der Waals surface area contributed by atoms with Crippen LogP contribution < -0.4 is 5.32 Å². The number of thiazole rings is 1. The number of nitrogens with zero attached hydrogens (tertiary/aromatic N) is 1. The van der Waals surface area contributed by atoms with Crippen molar-refractivity contribution in [1.29, 1.82) is 0 Å². The van der Waals surface area contributed by atoms with Crippen LogP contribution in [0.4, 0.5) is 9.93 Å². The molecule has 7 nitrogen and oxygen atoms in total. The molecule has 0 atom stereocenters. The molecule has 0 spiro atoms. The summed E-state index contributed by atoms with van der Waals surface area (Å²) in [6, 6.07) is 3.39. The Bertz CT molecular complexity index is 716. The van der Waals surface area contributed by atoms with Crippen LogP contribution in [0.5, 0.6) is 0 Å². The minimum atomic E-state index is -1.22. The number of carbonyl (C=O) groups excluding carboxylic acids is 1. The lowest BCUT2D eigenvalue weighted by Crippen LogP contribution is -2.34. The Balaban J connectivity index is 2.01. The third kappa shape index (κ3) is 3.13. The predicted octanol–water partition coefficient (Wildman–Crippen LogP) is 3.49. The molecular formula is C15H16N2O5S. The van der Waals surface area contributed by atoms with Crippen molar-refractivity contribution in [2.75, 3.05) is 18.5 Å². The smallest absolute Gasteiger partial charge is 0.410 e. The first kappa shape index (κ1) is 15.7. The second-order valence-corrected chi connectivity index (χ2v) is 6.61. The summed E-state index contributed by atoms with van der Waals surface area (Å²) in [5.74, 6) is 0.391. The fourth-order valence-electron chi connectivity index (χ4n) is 2.52. The van der Waals surface area contributed by atoms with Gasteiger partial charge >= 0.3 is 6.09 Å². The van der Waals surface area contributed by atoms with Gasteiger partial charge in [0, 0.05) is 18.6 Å². The highest BCUT2D eigenvalue weighted by Gasteiger charge is 2.38. The summed E-state index contributed by atoms with van der Waals surface area (Å²) in [6.07, 6.45) is 1.52. The minimum Gasteiger partial charge on any atom is -0.465 e. The van der Waals surface area contributed by atoms with Gasteiger partial charge in [-0.25, -0.2) is 9.78 Å². The third-order valence-corrected chi connectivity index (χ3v) is 4.92. The first-order valence-electron chi connectivity index (χ1n) is 7.17. The van der Waals surface area contributed by atoms with Crippen LogP contribution in [0.25, 0.3) is 11.5 Å². The van der Waals surface area contributed by atoms with Gasteiger partial charge in [-0.15, -0.1) is 0 Å². The molecule has 23 heavy (non-hydrogen) atoms. The molecule has 1 aliphatic rings. The lowest BCUT2D eigenvalue weighted by atomic mass is 9.77. The van der Waals surface area contributed by atoms with Crippen LogP contribution in [0.2, 0.25) is 0 Å². The number of furan rings is 1. The standard InChI is InChI=1S/C15H16N2O5S/c1-15(4-7-21-8-5-15)12(18)11-10(9-3-2-6-22-9)16-13(23-11)17-14(19)20/h2-3,6H,4-5,7-8H2,1H3,(H,16,17)(H,19,20). The van der Waals surface area contributed by atoms with Gasteiger partial charge in [-0.3, -0.25) is 10.1 Å². The van der Waals surface area contributed by atoms with Crippen molar-refractivity contribution < 1.29 is 23.8 Å². The number of Topliss-reactive ketones (excluding diaryl/α,β-unsaturated/α-hetero) is 1. The summed E-state index contributed by atoms with van der Waals surface area (Å²) < 4.78 is 10.7. The van der Waals surface area contributed by atoms with Gasteiger partial charge in [0.05, 0.1) is 6.26 Å². The van der Waals surface area contributed by atoms with Gasteiger partial charge in [-0.2, -0.15) is 0 Å². The number of nitrogens with one attached hydrogen (secondary N) is 1. The maximum absolute atomic E-state index is 13.0. The van der Waals surface area contributed by atoms with Gasteiger partial charge in [0.25, 0.3) is 0 Å². The van der Waals surface area contributed by atoms with Crippen LogP contribution in [0.1, 0.15) is 29.4 Å². The van der Waals surface area contributed by atoms with Gasteiger partial charge in [0.15, 0.2) is 16.7 Å². The molecule has 3 heterocycles. The molecule has 1 amide bonds. The van der Waals surface area contributed by atoms with E-state index < -0.39 is 11.5 Å². The van der Waals surface area contributed by atoms with Crippen LogP contribution in [0.3, 0.4) is 0 Å². The Morgan fingerprint density at radius 1 is 1.39 bits per heavy atom. The van der Waals surface area contributed by atoms with Crippen LogP contribution in [-0.2, 0) is 4.74 Å². The molecule has 0 radical (unpaired) electrons. The Morgan fingerprint density at radius 3 is 2.74 bits per heavy atom. The second kappa shape index (κ2) is 6.13. The van der Waals surface area contributed by atoms with Crippen molar-refractivity contribution in [3.63, 3.8) is 0 Å². The van der Waals surface area contributed by atoms with E-state index in [0.29, 0.717) is 42.4 Å². The van der Waals surface area contributed by atoms with Gasteiger partial charge in [0.2, 0.25) is 0 Å². The topological polar surface area (TPSA) is 102 Å². The Morgan fingerprint density at radius 2 is 2.13 bits per heavy atom. The van der Waals surface area contributed by atoms with Gasteiger partial charge in [-0.05, 0) is 25.0 Å². The number of aromatic nitrogens is 1. The molecule has 1 fully saturated rings. The summed E-state index contributed by atoms with van der Waals surface area (Å²) in [6.45, 7) is 2.99. The van der Waals surface area contributed by atoms with Crippen LogP contribution in [-0.4, -0.2) is 35.2 Å². The van der Waals surface area contributed by atoms with Crippen molar-refractivity contribution >= 4 is 28.3 Å². The molecule has 2 aromatic rings. The fraction of sp³-hybridized carbons (Fsp3) is 0.400. The van der Waals surface area contributed by atoms with Crippen molar-refractivity contribution in [1.82, 2.24) is 4.98 Å². The fourth-order valence-corrected chi connectivity index (χ4v) is 3.57. The maximum atomic E-state index is 13.0. The number of hydrogen-bond donors (Lipinski definition) is 2. The largest absolute Gasteiger partial charge is 0.465 e.